The first-order chi connectivity index (χ1) is 15.0. The van der Waals surface area contributed by atoms with Crippen LogP contribution in [0.1, 0.15) is 17.3 Å². The van der Waals surface area contributed by atoms with Crippen molar-refractivity contribution in [1.29, 1.82) is 0 Å². The second-order valence-electron chi connectivity index (χ2n) is 7.02. The third-order valence-corrected chi connectivity index (χ3v) is 5.64. The highest BCUT2D eigenvalue weighted by Crippen LogP contribution is 2.16. The first kappa shape index (κ1) is 21.4. The number of carbonyl (C=O) groups is 1. The van der Waals surface area contributed by atoms with Gasteiger partial charge in [-0.25, -0.2) is 14.5 Å². The molecule has 1 aliphatic rings. The van der Waals surface area contributed by atoms with Gasteiger partial charge < -0.3 is 9.64 Å². The van der Waals surface area contributed by atoms with Crippen LogP contribution in [0.5, 0.6) is 0 Å². The number of benzene rings is 1. The molecule has 1 aliphatic heterocycles. The molecular weight excluding hydrogens is 438 g/mol. The lowest BCUT2D eigenvalue weighted by molar-refractivity contribution is 0.0526. The molecule has 3 aromatic rings. The third-order valence-electron chi connectivity index (χ3n) is 5.00. The number of esters is 1. The molecule has 0 amide bonds. The maximum absolute atomic E-state index is 11.8. The summed E-state index contributed by atoms with van der Waals surface area (Å²) in [6.45, 7) is 5.97. The summed E-state index contributed by atoms with van der Waals surface area (Å²) in [5.74, 6) is 0.493. The number of piperazine rings is 1. The van der Waals surface area contributed by atoms with Gasteiger partial charge in [0.05, 0.1) is 24.5 Å². The Balaban J connectivity index is 1.35. The number of carbonyl (C=O) groups excluding carboxylic acids is 1. The first-order valence-electron chi connectivity index (χ1n) is 9.94. The Morgan fingerprint density at radius 2 is 1.84 bits per heavy atom. The van der Waals surface area contributed by atoms with Crippen LogP contribution in [0.15, 0.2) is 42.6 Å². The zero-order chi connectivity index (χ0) is 21.8. The van der Waals surface area contributed by atoms with Gasteiger partial charge in [0.1, 0.15) is 5.82 Å². The van der Waals surface area contributed by atoms with Gasteiger partial charge in [-0.05, 0) is 66.0 Å². The Morgan fingerprint density at radius 1 is 1.10 bits per heavy atom. The fraction of sp³-hybridized carbons (Fsp3) is 0.350. The molecule has 1 aromatic carbocycles. The van der Waals surface area contributed by atoms with E-state index in [9.17, 15) is 4.79 Å². The lowest BCUT2D eigenvalue weighted by Gasteiger charge is -2.35. The van der Waals surface area contributed by atoms with Crippen molar-refractivity contribution in [1.82, 2.24) is 29.7 Å². The molecule has 1 fully saturated rings. The number of nitrogens with zero attached hydrogens (tertiary/aromatic N) is 7. The monoisotopic (exact) mass is 459 g/mol. The van der Waals surface area contributed by atoms with Crippen LogP contribution in [-0.4, -0.2) is 68.4 Å². The minimum atomic E-state index is -0.352. The Bertz CT molecular complexity index is 1090. The average Bonchev–Trinajstić information content (AvgIpc) is 3.15. The highest BCUT2D eigenvalue weighted by Gasteiger charge is 2.20. The Hall–Kier alpha value is -2.82. The molecule has 0 aliphatic carbocycles. The largest absolute Gasteiger partial charge is 0.462 e. The summed E-state index contributed by atoms with van der Waals surface area (Å²) in [7, 11) is 0. The molecule has 0 spiro atoms. The maximum atomic E-state index is 11.8. The van der Waals surface area contributed by atoms with Crippen molar-refractivity contribution >= 4 is 35.6 Å². The highest BCUT2D eigenvalue weighted by molar-refractivity contribution is 7.71. The lowest BCUT2D eigenvalue weighted by atomic mass is 10.2. The molecule has 9 nitrogen and oxygen atoms in total. The Morgan fingerprint density at radius 3 is 2.48 bits per heavy atom. The van der Waals surface area contributed by atoms with Crippen molar-refractivity contribution in [3.63, 3.8) is 0 Å². The minimum Gasteiger partial charge on any atom is -0.462 e. The molecule has 1 saturated heterocycles. The number of anilines is 1. The van der Waals surface area contributed by atoms with Crippen LogP contribution >= 0.6 is 23.8 Å². The molecule has 0 N–H and O–H groups in total. The van der Waals surface area contributed by atoms with Gasteiger partial charge >= 0.3 is 5.97 Å². The molecule has 0 atom stereocenters. The van der Waals surface area contributed by atoms with E-state index in [4.69, 9.17) is 28.6 Å². The Labute approximate surface area is 189 Å². The summed E-state index contributed by atoms with van der Waals surface area (Å²) in [5, 5.41) is 9.04. The lowest BCUT2D eigenvalue weighted by Crippen LogP contribution is -2.47. The van der Waals surface area contributed by atoms with Gasteiger partial charge in [0.25, 0.3) is 0 Å². The van der Waals surface area contributed by atoms with E-state index in [0.29, 0.717) is 28.6 Å². The first-order valence-corrected chi connectivity index (χ1v) is 10.7. The molecule has 2 aromatic heterocycles. The van der Waals surface area contributed by atoms with E-state index >= 15 is 0 Å². The predicted molar refractivity (Wildman–Crippen MR) is 119 cm³/mol. The van der Waals surface area contributed by atoms with Crippen LogP contribution in [0.25, 0.3) is 5.69 Å². The zero-order valence-electron chi connectivity index (χ0n) is 17.0. The van der Waals surface area contributed by atoms with Crippen LogP contribution < -0.4 is 4.90 Å². The zero-order valence-corrected chi connectivity index (χ0v) is 18.6. The molecule has 162 valence electrons. The van der Waals surface area contributed by atoms with Crippen LogP contribution in [-0.2, 0) is 11.4 Å². The second-order valence-corrected chi connectivity index (χ2v) is 7.82. The smallest absolute Gasteiger partial charge is 0.339 e. The third kappa shape index (κ3) is 4.92. The molecular formula is C20H22ClN7O2S. The number of hydrogen-bond acceptors (Lipinski definition) is 8. The van der Waals surface area contributed by atoms with Gasteiger partial charge in [-0.3, -0.25) is 4.90 Å². The second kappa shape index (κ2) is 9.54. The molecule has 3 heterocycles. The molecule has 0 unspecified atom stereocenters. The topological polar surface area (TPSA) is 81.3 Å². The normalized spacial score (nSPS) is 14.6. The van der Waals surface area contributed by atoms with E-state index in [1.807, 2.05) is 18.2 Å². The Kier molecular flexibility index (Phi) is 6.59. The average molecular weight is 460 g/mol. The quantitative estimate of drug-likeness (QED) is 0.411. The van der Waals surface area contributed by atoms with Gasteiger partial charge in [0.15, 0.2) is 0 Å². The van der Waals surface area contributed by atoms with Crippen LogP contribution in [0.2, 0.25) is 5.02 Å². The SMILES string of the molecule is CCOC(=O)c1ccc(N2CCN(Cn3nnn(-c4ccc(Cl)cc4)c3=S)CC2)nc1. The van der Waals surface area contributed by atoms with E-state index in [0.717, 1.165) is 37.7 Å². The van der Waals surface area contributed by atoms with E-state index in [2.05, 4.69) is 25.2 Å². The van der Waals surface area contributed by atoms with Crippen LogP contribution in [0.3, 0.4) is 0 Å². The summed E-state index contributed by atoms with van der Waals surface area (Å²) in [6, 6.07) is 10.9. The number of pyridine rings is 1. The van der Waals surface area contributed by atoms with Crippen LogP contribution in [0, 0.1) is 4.77 Å². The van der Waals surface area contributed by atoms with Crippen molar-refractivity contribution in [2.45, 2.75) is 13.6 Å². The van der Waals surface area contributed by atoms with E-state index < -0.39 is 0 Å². The molecule has 0 bridgehead atoms. The van der Waals surface area contributed by atoms with E-state index in [1.165, 1.54) is 0 Å². The summed E-state index contributed by atoms with van der Waals surface area (Å²) in [6.07, 6.45) is 1.56. The molecule has 4 rings (SSSR count). The van der Waals surface area contributed by atoms with E-state index in [-0.39, 0.29) is 5.97 Å². The minimum absolute atomic E-state index is 0.347. The number of rotatable bonds is 6. The molecule has 11 heteroatoms. The summed E-state index contributed by atoms with van der Waals surface area (Å²) in [5.41, 5.74) is 1.28. The van der Waals surface area contributed by atoms with E-state index in [1.54, 1.807) is 40.7 Å². The number of tetrazole rings is 1. The maximum Gasteiger partial charge on any atom is 0.339 e. The standard InChI is InChI=1S/C20H22ClN7O2S/c1-2-30-19(29)15-3-8-18(22-13-15)26-11-9-25(10-12-26)14-27-20(31)28(24-23-27)17-6-4-16(21)5-7-17/h3-8,13H,2,9-12,14H2,1H3. The predicted octanol–water partition coefficient (Wildman–Crippen LogP) is 2.80. The van der Waals surface area contributed by atoms with Gasteiger partial charge in [-0.15, -0.1) is 0 Å². The number of aromatic nitrogens is 5. The fourth-order valence-electron chi connectivity index (χ4n) is 3.32. The van der Waals surface area contributed by atoms with Gasteiger partial charge in [-0.2, -0.15) is 4.68 Å². The van der Waals surface area contributed by atoms with Gasteiger partial charge in [0.2, 0.25) is 4.77 Å². The van der Waals surface area contributed by atoms with Crippen molar-refractivity contribution in [2.24, 2.45) is 0 Å². The highest BCUT2D eigenvalue weighted by atomic mass is 35.5. The summed E-state index contributed by atoms with van der Waals surface area (Å²) >= 11 is 11.5. The number of halogens is 1. The van der Waals surface area contributed by atoms with Crippen LogP contribution in [0.4, 0.5) is 5.82 Å². The number of ether oxygens (including phenoxy) is 1. The van der Waals surface area contributed by atoms with Crippen molar-refractivity contribution in [3.8, 4) is 5.69 Å². The summed E-state index contributed by atoms with van der Waals surface area (Å²) in [4.78, 5) is 20.6. The number of hydrogen-bond donors (Lipinski definition) is 0. The van der Waals surface area contributed by atoms with Crippen molar-refractivity contribution in [2.75, 3.05) is 37.7 Å². The fourth-order valence-corrected chi connectivity index (χ4v) is 3.69. The van der Waals surface area contributed by atoms with Crippen molar-refractivity contribution in [3.05, 3.63) is 58.0 Å². The molecule has 0 saturated carbocycles. The summed E-state index contributed by atoms with van der Waals surface area (Å²) < 4.78 is 8.86. The van der Waals surface area contributed by atoms with Gasteiger partial charge in [0, 0.05) is 37.4 Å². The molecule has 0 radical (unpaired) electrons. The molecule has 31 heavy (non-hydrogen) atoms. The van der Waals surface area contributed by atoms with Crippen molar-refractivity contribution < 1.29 is 9.53 Å². The van der Waals surface area contributed by atoms with Gasteiger partial charge in [-0.1, -0.05) is 11.6 Å².